The third kappa shape index (κ3) is 9.16. The van der Waals surface area contributed by atoms with Gasteiger partial charge < -0.3 is 20.7 Å². The Hall–Kier alpha value is -2.00. The normalized spacial score (nSPS) is 11.8. The highest BCUT2D eigenvalue weighted by Crippen LogP contribution is 1.98. The van der Waals surface area contributed by atoms with Crippen molar-refractivity contribution in [3.8, 4) is 0 Å². The fourth-order valence-corrected chi connectivity index (χ4v) is 2.18. The Labute approximate surface area is 149 Å². The summed E-state index contributed by atoms with van der Waals surface area (Å²) in [5.74, 6) is -1.79. The van der Waals surface area contributed by atoms with E-state index in [0.717, 1.165) is 18.0 Å². The summed E-state index contributed by atoms with van der Waals surface area (Å²) < 4.78 is 5.15. The molecule has 144 valence electrons. The molecule has 0 rings (SSSR count). The van der Waals surface area contributed by atoms with Crippen LogP contribution in [0.5, 0.6) is 0 Å². The van der Waals surface area contributed by atoms with Crippen LogP contribution in [0, 0.1) is 5.41 Å². The first-order valence-electron chi connectivity index (χ1n) is 8.52. The molecule has 0 aliphatic carbocycles. The van der Waals surface area contributed by atoms with E-state index in [4.69, 9.17) is 15.9 Å². The number of nitrogens with zero attached hydrogens (tertiary/aromatic N) is 2. The number of nitrogens with one attached hydrogen (secondary N) is 2. The van der Waals surface area contributed by atoms with E-state index >= 15 is 0 Å². The van der Waals surface area contributed by atoms with Gasteiger partial charge in [-0.25, -0.2) is 4.90 Å². The Bertz CT molecular complexity index is 451. The summed E-state index contributed by atoms with van der Waals surface area (Å²) in [5, 5.41) is 10.4. The van der Waals surface area contributed by atoms with Crippen LogP contribution in [0.15, 0.2) is 0 Å². The van der Waals surface area contributed by atoms with Crippen LogP contribution < -0.4 is 11.1 Å². The molecule has 2 amide bonds. The molecule has 0 fully saturated rings. The number of nitrogens with two attached hydrogens (primary N) is 1. The van der Waals surface area contributed by atoms with Crippen LogP contribution >= 0.6 is 0 Å². The minimum absolute atomic E-state index is 0.282. The Morgan fingerprint density at radius 1 is 1.16 bits per heavy atom. The molecule has 0 aliphatic rings. The standard InChI is InChI=1S/C16H31N5O4/c1-5-20(6-2)10-11-25-15(24)14(17)8-7-9-19-16(18)21(12(3)22)13(4)23/h14H,5-11,17H2,1-4H3,(H2,18,19)/t14-/m0/s1. The summed E-state index contributed by atoms with van der Waals surface area (Å²) in [7, 11) is 0. The SMILES string of the molecule is CCN(CC)CCOC(=O)[C@@H](N)CCCNC(=N)N(C(C)=O)C(C)=O. The van der Waals surface area contributed by atoms with Crippen LogP contribution in [0.4, 0.5) is 0 Å². The monoisotopic (exact) mass is 357 g/mol. The van der Waals surface area contributed by atoms with E-state index in [-0.39, 0.29) is 5.96 Å². The van der Waals surface area contributed by atoms with Crippen molar-refractivity contribution in [1.29, 1.82) is 5.41 Å². The number of carbonyl (C=O) groups is 3. The average Bonchev–Trinajstić information content (AvgIpc) is 2.54. The van der Waals surface area contributed by atoms with Crippen LogP contribution in [0.3, 0.4) is 0 Å². The van der Waals surface area contributed by atoms with Crippen molar-refractivity contribution in [2.45, 2.75) is 46.6 Å². The van der Waals surface area contributed by atoms with Crippen LogP contribution in [0.25, 0.3) is 0 Å². The van der Waals surface area contributed by atoms with Gasteiger partial charge in [-0.3, -0.25) is 19.8 Å². The van der Waals surface area contributed by atoms with Crippen molar-refractivity contribution < 1.29 is 19.1 Å². The van der Waals surface area contributed by atoms with Gasteiger partial charge in [0.1, 0.15) is 12.6 Å². The molecule has 0 aromatic rings. The Balaban J connectivity index is 4.04. The maximum absolute atomic E-state index is 11.8. The van der Waals surface area contributed by atoms with Crippen LogP contribution in [0.2, 0.25) is 0 Å². The van der Waals surface area contributed by atoms with Crippen molar-refractivity contribution in [3.63, 3.8) is 0 Å². The second kappa shape index (κ2) is 12.4. The van der Waals surface area contributed by atoms with Gasteiger partial charge >= 0.3 is 5.97 Å². The van der Waals surface area contributed by atoms with Gasteiger partial charge in [-0.15, -0.1) is 0 Å². The molecule has 9 nitrogen and oxygen atoms in total. The zero-order chi connectivity index (χ0) is 19.4. The van der Waals surface area contributed by atoms with Crippen LogP contribution in [0.1, 0.15) is 40.5 Å². The zero-order valence-corrected chi connectivity index (χ0v) is 15.6. The van der Waals surface area contributed by atoms with Gasteiger partial charge in [0, 0.05) is 26.9 Å². The average molecular weight is 357 g/mol. The molecular weight excluding hydrogens is 326 g/mol. The van der Waals surface area contributed by atoms with Gasteiger partial charge in [0.2, 0.25) is 17.8 Å². The van der Waals surface area contributed by atoms with Crippen molar-refractivity contribution in [3.05, 3.63) is 0 Å². The van der Waals surface area contributed by atoms with E-state index < -0.39 is 23.8 Å². The summed E-state index contributed by atoms with van der Waals surface area (Å²) in [6.07, 6.45) is 0.878. The largest absolute Gasteiger partial charge is 0.463 e. The molecule has 9 heteroatoms. The van der Waals surface area contributed by atoms with E-state index in [1.54, 1.807) is 0 Å². The first-order valence-corrected chi connectivity index (χ1v) is 8.52. The van der Waals surface area contributed by atoms with E-state index in [2.05, 4.69) is 10.2 Å². The van der Waals surface area contributed by atoms with E-state index in [9.17, 15) is 14.4 Å². The quantitative estimate of drug-likeness (QED) is 0.215. The van der Waals surface area contributed by atoms with E-state index in [0.29, 0.717) is 32.5 Å². The number of ether oxygens (including phenoxy) is 1. The molecule has 0 bridgehead atoms. The Morgan fingerprint density at radius 3 is 2.20 bits per heavy atom. The maximum Gasteiger partial charge on any atom is 0.322 e. The highest BCUT2D eigenvalue weighted by atomic mass is 16.5. The Morgan fingerprint density at radius 2 is 1.72 bits per heavy atom. The highest BCUT2D eigenvalue weighted by molar-refractivity contribution is 6.09. The molecular formula is C16H31N5O4. The summed E-state index contributed by atoms with van der Waals surface area (Å²) >= 11 is 0. The molecule has 0 spiro atoms. The summed E-state index contributed by atoms with van der Waals surface area (Å²) in [6.45, 7) is 9.60. The number of rotatable bonds is 10. The molecule has 0 aromatic heterocycles. The zero-order valence-electron chi connectivity index (χ0n) is 15.6. The topological polar surface area (TPSA) is 129 Å². The number of hydrogen-bond acceptors (Lipinski definition) is 7. The number of esters is 1. The lowest BCUT2D eigenvalue weighted by Crippen LogP contribution is -2.46. The van der Waals surface area contributed by atoms with E-state index in [1.807, 2.05) is 13.8 Å². The molecule has 0 unspecified atom stereocenters. The fourth-order valence-electron chi connectivity index (χ4n) is 2.18. The van der Waals surface area contributed by atoms with Crippen molar-refractivity contribution >= 4 is 23.7 Å². The van der Waals surface area contributed by atoms with Gasteiger partial charge in [-0.2, -0.15) is 0 Å². The number of guanidine groups is 1. The summed E-state index contributed by atoms with van der Waals surface area (Å²) in [6, 6.07) is -0.732. The second-order valence-corrected chi connectivity index (χ2v) is 5.59. The number of likely N-dealkylation sites (N-methyl/N-ethyl adjacent to an activating group) is 1. The van der Waals surface area contributed by atoms with Crippen molar-refractivity contribution in [1.82, 2.24) is 15.1 Å². The number of hydrogen-bond donors (Lipinski definition) is 3. The Kier molecular flexibility index (Phi) is 11.4. The predicted octanol–water partition coefficient (Wildman–Crippen LogP) is -0.102. The van der Waals surface area contributed by atoms with Gasteiger partial charge in [0.05, 0.1) is 0 Å². The smallest absolute Gasteiger partial charge is 0.322 e. The van der Waals surface area contributed by atoms with Gasteiger partial charge in [-0.05, 0) is 25.9 Å². The number of carbonyl (C=O) groups excluding carboxylic acids is 3. The molecule has 0 saturated heterocycles. The minimum Gasteiger partial charge on any atom is -0.463 e. The predicted molar refractivity (Wildman–Crippen MR) is 94.9 cm³/mol. The number of imide groups is 1. The molecule has 4 N–H and O–H groups in total. The lowest BCUT2D eigenvalue weighted by atomic mass is 10.2. The molecule has 25 heavy (non-hydrogen) atoms. The second-order valence-electron chi connectivity index (χ2n) is 5.59. The van der Waals surface area contributed by atoms with E-state index in [1.165, 1.54) is 13.8 Å². The fraction of sp³-hybridized carbons (Fsp3) is 0.750. The van der Waals surface area contributed by atoms with Gasteiger partial charge in [-0.1, -0.05) is 13.8 Å². The van der Waals surface area contributed by atoms with Crippen LogP contribution in [-0.2, 0) is 19.1 Å². The summed E-state index contributed by atoms with van der Waals surface area (Å²) in [5.41, 5.74) is 5.78. The van der Waals surface area contributed by atoms with Crippen LogP contribution in [-0.4, -0.2) is 72.4 Å². The maximum atomic E-state index is 11.8. The highest BCUT2D eigenvalue weighted by Gasteiger charge is 2.19. The molecule has 0 radical (unpaired) electrons. The van der Waals surface area contributed by atoms with Crippen molar-refractivity contribution in [2.24, 2.45) is 5.73 Å². The van der Waals surface area contributed by atoms with Gasteiger partial charge in [0.15, 0.2) is 0 Å². The molecule has 1 atom stereocenters. The molecule has 0 heterocycles. The first-order chi connectivity index (χ1) is 11.7. The lowest BCUT2D eigenvalue weighted by Gasteiger charge is -2.19. The lowest BCUT2D eigenvalue weighted by molar-refractivity contribution is -0.145. The minimum atomic E-state index is -0.732. The molecule has 0 saturated carbocycles. The molecule has 0 aromatic carbocycles. The third-order valence-electron chi connectivity index (χ3n) is 3.69. The summed E-state index contributed by atoms with van der Waals surface area (Å²) in [4.78, 5) is 37.2. The molecule has 0 aliphatic heterocycles. The first kappa shape index (κ1) is 23.0. The third-order valence-corrected chi connectivity index (χ3v) is 3.69. The number of amides is 2. The van der Waals surface area contributed by atoms with Crippen molar-refractivity contribution in [2.75, 3.05) is 32.8 Å². The van der Waals surface area contributed by atoms with Gasteiger partial charge in [0.25, 0.3) is 0 Å².